The topological polar surface area (TPSA) is 26.0 Å². The molecule has 1 nitrogen and oxygen atoms in total. The van der Waals surface area contributed by atoms with E-state index in [1.54, 1.807) is 37.3 Å². The molecule has 0 spiro atoms. The molecule has 0 aliphatic rings. The summed E-state index contributed by atoms with van der Waals surface area (Å²) in [6.07, 6.45) is -4.04. The maximum Gasteiger partial charge on any atom is 0.416 e. The Labute approximate surface area is 126 Å². The third-order valence-corrected chi connectivity index (χ3v) is 3.58. The van der Waals surface area contributed by atoms with Gasteiger partial charge in [0.1, 0.15) is 0 Å². The molecule has 0 aliphatic heterocycles. The second kappa shape index (κ2) is 5.70. The molecule has 0 amide bonds. The van der Waals surface area contributed by atoms with Gasteiger partial charge in [-0.3, -0.25) is 0 Å². The van der Waals surface area contributed by atoms with Gasteiger partial charge in [0.25, 0.3) is 0 Å². The Morgan fingerprint density at radius 1 is 1.00 bits per heavy atom. The first-order valence-electron chi connectivity index (χ1n) is 6.39. The first-order valence-corrected chi connectivity index (χ1v) is 6.77. The summed E-state index contributed by atoms with van der Waals surface area (Å²) in [5.41, 5.74) is 6.20. The lowest BCUT2D eigenvalue weighted by atomic mass is 9.86. The number of hydrogen-bond acceptors (Lipinski definition) is 1. The lowest BCUT2D eigenvalue weighted by Crippen LogP contribution is -2.35. The van der Waals surface area contributed by atoms with E-state index in [-0.39, 0.29) is 0 Å². The Morgan fingerprint density at radius 3 is 2.19 bits per heavy atom. The van der Waals surface area contributed by atoms with Crippen LogP contribution in [0.1, 0.15) is 23.6 Å². The van der Waals surface area contributed by atoms with E-state index in [4.69, 9.17) is 17.3 Å². The predicted molar refractivity (Wildman–Crippen MR) is 78.1 cm³/mol. The zero-order chi connectivity index (χ0) is 15.7. The fourth-order valence-corrected chi connectivity index (χ4v) is 2.34. The van der Waals surface area contributed by atoms with E-state index >= 15 is 0 Å². The van der Waals surface area contributed by atoms with Crippen LogP contribution in [0.3, 0.4) is 0 Å². The Hall–Kier alpha value is -1.52. The molecule has 0 saturated carbocycles. The molecule has 0 heterocycles. The van der Waals surface area contributed by atoms with E-state index in [0.29, 0.717) is 17.0 Å². The second-order valence-electron chi connectivity index (χ2n) is 5.30. The van der Waals surface area contributed by atoms with Gasteiger partial charge in [-0.2, -0.15) is 13.2 Å². The number of alkyl halides is 3. The van der Waals surface area contributed by atoms with Crippen molar-refractivity contribution >= 4 is 11.6 Å². The van der Waals surface area contributed by atoms with Crippen LogP contribution in [0.2, 0.25) is 5.02 Å². The molecule has 2 rings (SSSR count). The lowest BCUT2D eigenvalue weighted by molar-refractivity contribution is -0.137. The molecule has 0 bridgehead atoms. The first kappa shape index (κ1) is 15.9. The van der Waals surface area contributed by atoms with Gasteiger partial charge in [-0.05, 0) is 42.7 Å². The van der Waals surface area contributed by atoms with E-state index in [9.17, 15) is 13.2 Å². The van der Waals surface area contributed by atoms with Crippen LogP contribution in [0, 0.1) is 0 Å². The van der Waals surface area contributed by atoms with Gasteiger partial charge in [0.2, 0.25) is 0 Å². The molecule has 1 atom stereocenters. The molecule has 112 valence electrons. The smallest absolute Gasteiger partial charge is 0.321 e. The van der Waals surface area contributed by atoms with Crippen molar-refractivity contribution in [2.24, 2.45) is 5.73 Å². The molecule has 21 heavy (non-hydrogen) atoms. The van der Waals surface area contributed by atoms with E-state index in [1.165, 1.54) is 6.07 Å². The number of hydrogen-bond donors (Lipinski definition) is 1. The molecule has 2 aromatic rings. The maximum absolute atomic E-state index is 12.7. The largest absolute Gasteiger partial charge is 0.416 e. The van der Waals surface area contributed by atoms with Crippen LogP contribution in [0.5, 0.6) is 0 Å². The molecule has 0 aromatic heterocycles. The van der Waals surface area contributed by atoms with Crippen molar-refractivity contribution in [1.82, 2.24) is 0 Å². The Kier molecular flexibility index (Phi) is 4.30. The third-order valence-electron chi connectivity index (χ3n) is 3.33. The summed E-state index contributed by atoms with van der Waals surface area (Å²) in [5, 5.41) is 0.591. The minimum absolute atomic E-state index is 0.304. The van der Waals surface area contributed by atoms with Crippen LogP contribution in [0.25, 0.3) is 0 Å². The van der Waals surface area contributed by atoms with E-state index in [0.717, 1.165) is 17.7 Å². The second-order valence-corrected chi connectivity index (χ2v) is 5.74. The molecular weight excluding hydrogens is 299 g/mol. The molecule has 0 aliphatic carbocycles. The highest BCUT2D eigenvalue weighted by molar-refractivity contribution is 6.30. The average molecular weight is 314 g/mol. The zero-order valence-corrected chi connectivity index (χ0v) is 12.2. The molecule has 2 aromatic carbocycles. The number of rotatable bonds is 3. The van der Waals surface area contributed by atoms with Gasteiger partial charge >= 0.3 is 6.18 Å². The van der Waals surface area contributed by atoms with Crippen molar-refractivity contribution in [3.63, 3.8) is 0 Å². The Balaban J connectivity index is 2.26. The minimum Gasteiger partial charge on any atom is -0.321 e. The Morgan fingerprint density at radius 2 is 1.62 bits per heavy atom. The zero-order valence-electron chi connectivity index (χ0n) is 11.4. The van der Waals surface area contributed by atoms with Crippen LogP contribution in [0.4, 0.5) is 13.2 Å². The highest BCUT2D eigenvalue weighted by Gasteiger charge is 2.31. The third kappa shape index (κ3) is 3.99. The molecule has 0 saturated heterocycles. The molecule has 2 N–H and O–H groups in total. The van der Waals surface area contributed by atoms with Gasteiger partial charge in [0.15, 0.2) is 0 Å². The summed E-state index contributed by atoms with van der Waals surface area (Å²) in [5.74, 6) is 0. The summed E-state index contributed by atoms with van der Waals surface area (Å²) in [6.45, 7) is 1.79. The lowest BCUT2D eigenvalue weighted by Gasteiger charge is -2.26. The normalized spacial score (nSPS) is 14.8. The minimum atomic E-state index is -4.35. The van der Waals surface area contributed by atoms with Gasteiger partial charge in [0.05, 0.1) is 5.56 Å². The van der Waals surface area contributed by atoms with E-state index in [1.807, 2.05) is 0 Å². The fourth-order valence-electron chi connectivity index (χ4n) is 2.21. The van der Waals surface area contributed by atoms with Crippen molar-refractivity contribution < 1.29 is 13.2 Å². The van der Waals surface area contributed by atoms with Gasteiger partial charge < -0.3 is 5.73 Å². The summed E-state index contributed by atoms with van der Waals surface area (Å²) in [6, 6.07) is 12.3. The van der Waals surface area contributed by atoms with Gasteiger partial charge in [-0.15, -0.1) is 0 Å². The maximum atomic E-state index is 12.7. The average Bonchev–Trinajstić information content (AvgIpc) is 2.38. The van der Waals surface area contributed by atoms with Crippen LogP contribution in [-0.2, 0) is 18.1 Å². The standard InChI is InChI=1S/C16H15ClF3N/c1-15(21,12-5-7-14(17)8-6-12)10-11-3-2-4-13(9-11)16(18,19)20/h2-9H,10,21H2,1H3. The molecule has 0 radical (unpaired) electrons. The van der Waals surface area contributed by atoms with Gasteiger partial charge in [-0.25, -0.2) is 0 Å². The van der Waals surface area contributed by atoms with Crippen LogP contribution < -0.4 is 5.73 Å². The molecular formula is C16H15ClF3N. The van der Waals surface area contributed by atoms with Crippen molar-refractivity contribution in [3.05, 3.63) is 70.2 Å². The fraction of sp³-hybridized carbons (Fsp3) is 0.250. The van der Waals surface area contributed by atoms with Crippen molar-refractivity contribution in [1.29, 1.82) is 0 Å². The highest BCUT2D eigenvalue weighted by atomic mass is 35.5. The van der Waals surface area contributed by atoms with Gasteiger partial charge in [-0.1, -0.05) is 41.9 Å². The first-order chi connectivity index (χ1) is 9.68. The van der Waals surface area contributed by atoms with Crippen LogP contribution >= 0.6 is 11.6 Å². The highest BCUT2D eigenvalue weighted by Crippen LogP contribution is 2.31. The summed E-state index contributed by atoms with van der Waals surface area (Å²) < 4.78 is 38.2. The van der Waals surface area contributed by atoms with Crippen molar-refractivity contribution in [2.75, 3.05) is 0 Å². The van der Waals surface area contributed by atoms with Crippen molar-refractivity contribution in [3.8, 4) is 0 Å². The van der Waals surface area contributed by atoms with E-state index in [2.05, 4.69) is 0 Å². The Bertz CT molecular complexity index is 618. The predicted octanol–water partition coefficient (Wildman–Crippen LogP) is 4.78. The summed E-state index contributed by atoms with van der Waals surface area (Å²) in [4.78, 5) is 0. The molecule has 5 heteroatoms. The summed E-state index contributed by atoms with van der Waals surface area (Å²) in [7, 11) is 0. The van der Waals surface area contributed by atoms with Crippen LogP contribution in [0.15, 0.2) is 48.5 Å². The van der Waals surface area contributed by atoms with Crippen molar-refractivity contribution in [2.45, 2.75) is 25.1 Å². The van der Waals surface area contributed by atoms with Gasteiger partial charge in [0, 0.05) is 10.6 Å². The van der Waals surface area contributed by atoms with E-state index < -0.39 is 17.3 Å². The number of benzene rings is 2. The SMILES string of the molecule is CC(N)(Cc1cccc(C(F)(F)F)c1)c1ccc(Cl)cc1. The molecule has 1 unspecified atom stereocenters. The monoisotopic (exact) mass is 313 g/mol. The number of nitrogens with two attached hydrogens (primary N) is 1. The van der Waals surface area contributed by atoms with Crippen LogP contribution in [-0.4, -0.2) is 0 Å². The quantitative estimate of drug-likeness (QED) is 0.867. The molecule has 0 fully saturated rings. The summed E-state index contributed by atoms with van der Waals surface area (Å²) >= 11 is 5.83. The number of halogens is 4.